The molecule has 4 nitrogen and oxygen atoms in total. The molecule has 1 N–H and O–H groups in total. The molecule has 0 bridgehead atoms. The van der Waals surface area contributed by atoms with E-state index in [2.05, 4.69) is 32.3 Å². The second-order valence-electron chi connectivity index (χ2n) is 3.99. The molecule has 5 heteroatoms. The van der Waals surface area contributed by atoms with E-state index < -0.39 is 0 Å². The van der Waals surface area contributed by atoms with Gasteiger partial charge in [0.2, 0.25) is 0 Å². The number of hydrogen-bond acceptors (Lipinski definition) is 3. The fraction of sp³-hybridized carbons (Fsp3) is 0.500. The van der Waals surface area contributed by atoms with Crippen molar-refractivity contribution in [2.45, 2.75) is 39.3 Å². The number of nitrogens with one attached hydrogen (secondary N) is 1. The zero-order valence-corrected chi connectivity index (χ0v) is 11.8. The summed E-state index contributed by atoms with van der Waals surface area (Å²) in [7, 11) is 0. The average molecular weight is 298 g/mol. The van der Waals surface area contributed by atoms with E-state index in [0.717, 1.165) is 6.42 Å². The standard InChI is InChI=1S/C12H16BrN3O/c1-5-9(6-2)15-10-7-14-16(8(3)4)12(17)11(10)13/h1,7-9,15H,6H2,2-4H3. The first-order chi connectivity index (χ1) is 8.01. The van der Waals surface area contributed by atoms with Gasteiger partial charge >= 0.3 is 0 Å². The fourth-order valence-electron chi connectivity index (χ4n) is 1.36. The van der Waals surface area contributed by atoms with E-state index in [9.17, 15) is 4.79 Å². The van der Waals surface area contributed by atoms with Crippen LogP contribution in [0.25, 0.3) is 0 Å². The lowest BCUT2D eigenvalue weighted by Crippen LogP contribution is -2.27. The predicted octanol–water partition coefficient (Wildman–Crippen LogP) is 2.41. The molecule has 0 aromatic carbocycles. The van der Waals surface area contributed by atoms with Gasteiger partial charge in [0, 0.05) is 0 Å². The highest BCUT2D eigenvalue weighted by molar-refractivity contribution is 9.10. The molecule has 0 saturated heterocycles. The monoisotopic (exact) mass is 297 g/mol. The van der Waals surface area contributed by atoms with Gasteiger partial charge in [0.25, 0.3) is 5.56 Å². The van der Waals surface area contributed by atoms with Gasteiger partial charge in [0.15, 0.2) is 0 Å². The number of halogens is 1. The van der Waals surface area contributed by atoms with Gasteiger partial charge in [-0.1, -0.05) is 12.8 Å². The second kappa shape index (κ2) is 5.87. The van der Waals surface area contributed by atoms with E-state index in [1.165, 1.54) is 4.68 Å². The van der Waals surface area contributed by atoms with Crippen molar-refractivity contribution in [2.24, 2.45) is 0 Å². The highest BCUT2D eigenvalue weighted by Gasteiger charge is 2.12. The Bertz CT molecular complexity index is 488. The van der Waals surface area contributed by atoms with Crippen LogP contribution in [0.1, 0.15) is 33.2 Å². The van der Waals surface area contributed by atoms with Crippen LogP contribution in [-0.4, -0.2) is 15.8 Å². The van der Waals surface area contributed by atoms with E-state index in [-0.39, 0.29) is 17.6 Å². The lowest BCUT2D eigenvalue weighted by Gasteiger charge is -2.15. The number of aromatic nitrogens is 2. The molecule has 0 radical (unpaired) electrons. The first kappa shape index (κ1) is 13.8. The van der Waals surface area contributed by atoms with Crippen molar-refractivity contribution < 1.29 is 0 Å². The smallest absolute Gasteiger partial charge is 0.283 e. The minimum Gasteiger partial charge on any atom is -0.369 e. The van der Waals surface area contributed by atoms with Crippen molar-refractivity contribution in [3.8, 4) is 12.3 Å². The van der Waals surface area contributed by atoms with Crippen molar-refractivity contribution in [2.75, 3.05) is 5.32 Å². The highest BCUT2D eigenvalue weighted by atomic mass is 79.9. The van der Waals surface area contributed by atoms with Gasteiger partial charge in [-0.2, -0.15) is 5.10 Å². The Balaban J connectivity index is 3.10. The predicted molar refractivity (Wildman–Crippen MR) is 73.1 cm³/mol. The lowest BCUT2D eigenvalue weighted by molar-refractivity contribution is 0.501. The molecule has 0 aliphatic carbocycles. The molecule has 17 heavy (non-hydrogen) atoms. The van der Waals surface area contributed by atoms with E-state index in [1.54, 1.807) is 6.20 Å². The molecule has 1 aromatic heterocycles. The zero-order valence-electron chi connectivity index (χ0n) is 10.2. The first-order valence-corrected chi connectivity index (χ1v) is 6.30. The third-order valence-corrected chi connectivity index (χ3v) is 3.14. The second-order valence-corrected chi connectivity index (χ2v) is 4.78. The maximum absolute atomic E-state index is 12.0. The average Bonchev–Trinajstić information content (AvgIpc) is 2.30. The first-order valence-electron chi connectivity index (χ1n) is 5.51. The van der Waals surface area contributed by atoms with Crippen LogP contribution in [0.3, 0.4) is 0 Å². The van der Waals surface area contributed by atoms with Crippen LogP contribution in [0.5, 0.6) is 0 Å². The molecule has 0 amide bonds. The Morgan fingerprint density at radius 3 is 2.76 bits per heavy atom. The van der Waals surface area contributed by atoms with Gasteiger partial charge in [0.1, 0.15) is 4.47 Å². The van der Waals surface area contributed by atoms with E-state index >= 15 is 0 Å². The maximum Gasteiger partial charge on any atom is 0.283 e. The van der Waals surface area contributed by atoms with Crippen LogP contribution < -0.4 is 10.9 Å². The van der Waals surface area contributed by atoms with Crippen molar-refractivity contribution in [1.82, 2.24) is 9.78 Å². The molecule has 0 aliphatic heterocycles. The van der Waals surface area contributed by atoms with Gasteiger partial charge in [-0.25, -0.2) is 4.68 Å². The molecule has 0 spiro atoms. The number of anilines is 1. The molecule has 1 rings (SSSR count). The summed E-state index contributed by atoms with van der Waals surface area (Å²) < 4.78 is 1.89. The SMILES string of the molecule is C#CC(CC)Nc1cnn(C(C)C)c(=O)c1Br. The largest absolute Gasteiger partial charge is 0.369 e. The van der Waals surface area contributed by atoms with Gasteiger partial charge < -0.3 is 5.32 Å². The van der Waals surface area contributed by atoms with Gasteiger partial charge in [0.05, 0.1) is 24.0 Å². The molecular weight excluding hydrogens is 282 g/mol. The summed E-state index contributed by atoms with van der Waals surface area (Å²) in [5.74, 6) is 2.62. The van der Waals surface area contributed by atoms with Crippen LogP contribution >= 0.6 is 15.9 Å². The van der Waals surface area contributed by atoms with Crippen molar-refractivity contribution in [1.29, 1.82) is 0 Å². The molecule has 0 saturated carbocycles. The highest BCUT2D eigenvalue weighted by Crippen LogP contribution is 2.18. The Morgan fingerprint density at radius 1 is 1.65 bits per heavy atom. The molecule has 0 aliphatic rings. The van der Waals surface area contributed by atoms with Gasteiger partial charge in [-0.15, -0.1) is 6.42 Å². The number of rotatable bonds is 4. The van der Waals surface area contributed by atoms with Gasteiger partial charge in [-0.3, -0.25) is 4.79 Å². The summed E-state index contributed by atoms with van der Waals surface area (Å²) in [4.78, 5) is 12.0. The maximum atomic E-state index is 12.0. The van der Waals surface area contributed by atoms with Crippen molar-refractivity contribution in [3.05, 3.63) is 21.0 Å². The minimum absolute atomic E-state index is 0.0301. The van der Waals surface area contributed by atoms with Crippen LogP contribution in [-0.2, 0) is 0 Å². The molecule has 0 fully saturated rings. The topological polar surface area (TPSA) is 46.9 Å². The zero-order chi connectivity index (χ0) is 13.0. The summed E-state index contributed by atoms with van der Waals surface area (Å²) >= 11 is 3.28. The normalized spacial score (nSPS) is 12.2. The van der Waals surface area contributed by atoms with Crippen molar-refractivity contribution in [3.63, 3.8) is 0 Å². The van der Waals surface area contributed by atoms with E-state index in [0.29, 0.717) is 10.2 Å². The molecule has 1 heterocycles. The summed E-state index contributed by atoms with van der Waals surface area (Å²) in [5, 5.41) is 7.20. The number of nitrogens with zero attached hydrogens (tertiary/aromatic N) is 2. The third-order valence-electron chi connectivity index (χ3n) is 2.37. The summed E-state index contributed by atoms with van der Waals surface area (Å²) in [6.07, 6.45) is 7.77. The molecule has 1 unspecified atom stereocenters. The summed E-state index contributed by atoms with van der Waals surface area (Å²) in [5.41, 5.74) is 0.480. The summed E-state index contributed by atoms with van der Waals surface area (Å²) in [6.45, 7) is 5.79. The van der Waals surface area contributed by atoms with Gasteiger partial charge in [-0.05, 0) is 36.2 Å². The molecular formula is C12H16BrN3O. The minimum atomic E-state index is -0.156. The Hall–Kier alpha value is -1.28. The Kier molecular flexibility index (Phi) is 4.76. The Morgan fingerprint density at radius 2 is 2.29 bits per heavy atom. The molecule has 1 atom stereocenters. The third kappa shape index (κ3) is 3.10. The van der Waals surface area contributed by atoms with Crippen LogP contribution in [0.2, 0.25) is 0 Å². The van der Waals surface area contributed by atoms with E-state index in [4.69, 9.17) is 6.42 Å². The number of terminal acetylenes is 1. The van der Waals surface area contributed by atoms with Crippen molar-refractivity contribution >= 4 is 21.6 Å². The Labute approximate surface area is 110 Å². The van der Waals surface area contributed by atoms with Crippen LogP contribution in [0.15, 0.2) is 15.5 Å². The van der Waals surface area contributed by atoms with E-state index in [1.807, 2.05) is 20.8 Å². The summed E-state index contributed by atoms with van der Waals surface area (Å²) in [6, 6.07) is -0.0649. The lowest BCUT2D eigenvalue weighted by atomic mass is 10.2. The number of hydrogen-bond donors (Lipinski definition) is 1. The van der Waals surface area contributed by atoms with Crippen LogP contribution in [0, 0.1) is 12.3 Å². The molecule has 1 aromatic rings. The van der Waals surface area contributed by atoms with Crippen LogP contribution in [0.4, 0.5) is 5.69 Å². The quantitative estimate of drug-likeness (QED) is 0.868. The fourth-order valence-corrected chi connectivity index (χ4v) is 1.76. The molecule has 92 valence electrons.